The van der Waals surface area contributed by atoms with Crippen LogP contribution in [0.1, 0.15) is 26.3 Å². The second kappa shape index (κ2) is 5.76. The molecular weight excluding hydrogens is 236 g/mol. The third-order valence-electron chi connectivity index (χ3n) is 3.20. The Morgan fingerprint density at radius 2 is 2.00 bits per heavy atom. The molecule has 104 valence electrons. The van der Waals surface area contributed by atoms with Gasteiger partial charge in [-0.3, -0.25) is 0 Å². The van der Waals surface area contributed by atoms with Crippen LogP contribution in [0.25, 0.3) is 10.9 Å². The topological polar surface area (TPSA) is 26.2 Å². The minimum atomic E-state index is 0.146. The molecule has 0 fully saturated rings. The van der Waals surface area contributed by atoms with Gasteiger partial charge in [0, 0.05) is 37.5 Å². The van der Waals surface area contributed by atoms with Crippen LogP contribution in [-0.2, 0) is 17.8 Å². The lowest BCUT2D eigenvalue weighted by Gasteiger charge is -2.20. The summed E-state index contributed by atoms with van der Waals surface area (Å²) in [5, 5.41) is 4.81. The first-order valence-corrected chi connectivity index (χ1v) is 6.81. The standard InChI is InChI=1S/C16H24N2O/c1-16(2,3)17-12-13-5-6-14-7-8-18(9-10-19-4)15(14)11-13/h5-8,11,17H,9-10,12H2,1-4H3. The Kier molecular flexibility index (Phi) is 4.27. The first-order valence-electron chi connectivity index (χ1n) is 6.81. The number of methoxy groups -OCH3 is 1. The van der Waals surface area contributed by atoms with E-state index < -0.39 is 0 Å². The van der Waals surface area contributed by atoms with Crippen molar-refractivity contribution in [1.29, 1.82) is 0 Å². The molecular formula is C16H24N2O. The normalized spacial score (nSPS) is 12.2. The van der Waals surface area contributed by atoms with Crippen molar-refractivity contribution in [2.75, 3.05) is 13.7 Å². The van der Waals surface area contributed by atoms with Gasteiger partial charge in [0.2, 0.25) is 0 Å². The summed E-state index contributed by atoms with van der Waals surface area (Å²) in [6, 6.07) is 8.82. The van der Waals surface area contributed by atoms with Gasteiger partial charge in [-0.05, 0) is 43.9 Å². The Morgan fingerprint density at radius 3 is 2.68 bits per heavy atom. The molecule has 0 aliphatic carbocycles. The van der Waals surface area contributed by atoms with E-state index in [-0.39, 0.29) is 5.54 Å². The minimum absolute atomic E-state index is 0.146. The smallest absolute Gasteiger partial charge is 0.0641 e. The van der Waals surface area contributed by atoms with E-state index >= 15 is 0 Å². The summed E-state index contributed by atoms with van der Waals surface area (Å²) < 4.78 is 7.40. The Morgan fingerprint density at radius 1 is 1.21 bits per heavy atom. The minimum Gasteiger partial charge on any atom is -0.383 e. The number of benzene rings is 1. The zero-order valence-electron chi connectivity index (χ0n) is 12.4. The molecule has 2 aromatic rings. The van der Waals surface area contributed by atoms with Crippen molar-refractivity contribution in [1.82, 2.24) is 9.88 Å². The third-order valence-corrected chi connectivity index (χ3v) is 3.20. The monoisotopic (exact) mass is 260 g/mol. The fourth-order valence-electron chi connectivity index (χ4n) is 2.09. The van der Waals surface area contributed by atoms with Gasteiger partial charge in [-0.15, -0.1) is 0 Å². The molecule has 0 unspecified atom stereocenters. The lowest BCUT2D eigenvalue weighted by atomic mass is 10.1. The maximum absolute atomic E-state index is 5.15. The number of fused-ring (bicyclic) bond motifs is 1. The van der Waals surface area contributed by atoms with Gasteiger partial charge in [0.15, 0.2) is 0 Å². The molecule has 1 N–H and O–H groups in total. The van der Waals surface area contributed by atoms with Gasteiger partial charge in [0.25, 0.3) is 0 Å². The van der Waals surface area contributed by atoms with E-state index in [1.54, 1.807) is 7.11 Å². The van der Waals surface area contributed by atoms with E-state index in [4.69, 9.17) is 4.74 Å². The predicted molar refractivity (Wildman–Crippen MR) is 80.4 cm³/mol. The molecule has 1 aromatic carbocycles. The van der Waals surface area contributed by atoms with Crippen LogP contribution in [0.15, 0.2) is 30.5 Å². The van der Waals surface area contributed by atoms with Gasteiger partial charge in [-0.25, -0.2) is 0 Å². The highest BCUT2D eigenvalue weighted by Crippen LogP contribution is 2.18. The fourth-order valence-corrected chi connectivity index (χ4v) is 2.09. The molecule has 2 rings (SSSR count). The van der Waals surface area contributed by atoms with Crippen LogP contribution >= 0.6 is 0 Å². The fraction of sp³-hybridized carbons (Fsp3) is 0.500. The molecule has 3 nitrogen and oxygen atoms in total. The van der Waals surface area contributed by atoms with Gasteiger partial charge in [-0.2, -0.15) is 0 Å². The summed E-state index contributed by atoms with van der Waals surface area (Å²) in [6.07, 6.45) is 2.13. The highest BCUT2D eigenvalue weighted by atomic mass is 16.5. The van der Waals surface area contributed by atoms with Crippen molar-refractivity contribution in [2.24, 2.45) is 0 Å². The second-order valence-corrected chi connectivity index (χ2v) is 6.00. The summed E-state index contributed by atoms with van der Waals surface area (Å²) in [4.78, 5) is 0. The summed E-state index contributed by atoms with van der Waals surface area (Å²) in [5.41, 5.74) is 2.75. The van der Waals surface area contributed by atoms with E-state index in [0.29, 0.717) is 0 Å². The molecule has 1 heterocycles. The van der Waals surface area contributed by atoms with E-state index in [9.17, 15) is 0 Å². The quantitative estimate of drug-likeness (QED) is 0.893. The first-order chi connectivity index (χ1) is 8.99. The summed E-state index contributed by atoms with van der Waals surface area (Å²) in [7, 11) is 1.74. The maximum atomic E-state index is 5.15. The van der Waals surface area contributed by atoms with Gasteiger partial charge >= 0.3 is 0 Å². The SMILES string of the molecule is COCCn1ccc2ccc(CNC(C)(C)C)cc21. The van der Waals surface area contributed by atoms with Gasteiger partial charge in [-0.1, -0.05) is 12.1 Å². The first kappa shape index (κ1) is 14.1. The molecule has 0 aliphatic rings. The molecule has 0 aliphatic heterocycles. The molecule has 1 aromatic heterocycles. The van der Waals surface area contributed by atoms with Gasteiger partial charge < -0.3 is 14.6 Å². The van der Waals surface area contributed by atoms with Crippen LogP contribution in [0.5, 0.6) is 0 Å². The zero-order chi connectivity index (χ0) is 13.9. The largest absolute Gasteiger partial charge is 0.383 e. The van der Waals surface area contributed by atoms with E-state index in [2.05, 4.69) is 61.1 Å². The number of hydrogen-bond donors (Lipinski definition) is 1. The number of hydrogen-bond acceptors (Lipinski definition) is 2. The number of nitrogens with one attached hydrogen (secondary N) is 1. The number of aromatic nitrogens is 1. The van der Waals surface area contributed by atoms with Gasteiger partial charge in [0.05, 0.1) is 6.61 Å². The van der Waals surface area contributed by atoms with Crippen LogP contribution in [-0.4, -0.2) is 23.8 Å². The number of ether oxygens (including phenoxy) is 1. The highest BCUT2D eigenvalue weighted by Gasteiger charge is 2.09. The molecule has 0 bridgehead atoms. The summed E-state index contributed by atoms with van der Waals surface area (Å²) in [5.74, 6) is 0. The van der Waals surface area contributed by atoms with Crippen molar-refractivity contribution in [2.45, 2.75) is 39.4 Å². The van der Waals surface area contributed by atoms with Crippen molar-refractivity contribution < 1.29 is 4.74 Å². The maximum Gasteiger partial charge on any atom is 0.0641 e. The molecule has 3 heteroatoms. The zero-order valence-corrected chi connectivity index (χ0v) is 12.4. The van der Waals surface area contributed by atoms with E-state index in [1.807, 2.05) is 0 Å². The summed E-state index contributed by atoms with van der Waals surface area (Å²) in [6.45, 7) is 9.10. The lowest BCUT2D eigenvalue weighted by Crippen LogP contribution is -2.35. The molecule has 0 saturated carbocycles. The van der Waals surface area contributed by atoms with Crippen LogP contribution in [0.4, 0.5) is 0 Å². The number of nitrogens with zero attached hydrogens (tertiary/aromatic N) is 1. The van der Waals surface area contributed by atoms with E-state index in [1.165, 1.54) is 16.5 Å². The van der Waals surface area contributed by atoms with Crippen molar-refractivity contribution in [3.8, 4) is 0 Å². The van der Waals surface area contributed by atoms with Crippen LogP contribution in [0.3, 0.4) is 0 Å². The molecule has 0 saturated heterocycles. The van der Waals surface area contributed by atoms with Crippen LogP contribution in [0, 0.1) is 0 Å². The highest BCUT2D eigenvalue weighted by molar-refractivity contribution is 5.80. The Bertz CT molecular complexity index is 537. The number of rotatable bonds is 5. The Hall–Kier alpha value is -1.32. The Balaban J connectivity index is 2.18. The molecule has 19 heavy (non-hydrogen) atoms. The van der Waals surface area contributed by atoms with Crippen LogP contribution in [0.2, 0.25) is 0 Å². The van der Waals surface area contributed by atoms with Gasteiger partial charge in [0.1, 0.15) is 0 Å². The lowest BCUT2D eigenvalue weighted by molar-refractivity contribution is 0.188. The molecule has 0 amide bonds. The summed E-state index contributed by atoms with van der Waals surface area (Å²) >= 11 is 0. The third kappa shape index (κ3) is 3.82. The van der Waals surface area contributed by atoms with Crippen molar-refractivity contribution >= 4 is 10.9 Å². The molecule has 0 radical (unpaired) electrons. The van der Waals surface area contributed by atoms with Crippen molar-refractivity contribution in [3.05, 3.63) is 36.0 Å². The average molecular weight is 260 g/mol. The second-order valence-electron chi connectivity index (χ2n) is 6.00. The predicted octanol–water partition coefficient (Wildman–Crippen LogP) is 3.18. The van der Waals surface area contributed by atoms with Crippen molar-refractivity contribution in [3.63, 3.8) is 0 Å². The van der Waals surface area contributed by atoms with E-state index in [0.717, 1.165) is 19.7 Å². The average Bonchev–Trinajstić information content (AvgIpc) is 2.75. The Labute approximate surface area is 115 Å². The van der Waals surface area contributed by atoms with Crippen LogP contribution < -0.4 is 5.32 Å². The molecule has 0 spiro atoms. The molecule has 0 atom stereocenters.